The largest absolute Gasteiger partial charge is 0.397 e. The zero-order chi connectivity index (χ0) is 8.97. The highest BCUT2D eigenvalue weighted by molar-refractivity contribution is 6.04. The molecule has 3 nitrogen and oxygen atoms in total. The van der Waals surface area contributed by atoms with E-state index in [1.807, 2.05) is 6.07 Å². The molecule has 0 saturated carbocycles. The number of aromatic nitrogens is 1. The van der Waals surface area contributed by atoms with Gasteiger partial charge in [-0.15, -0.1) is 0 Å². The van der Waals surface area contributed by atoms with Crippen molar-refractivity contribution in [1.82, 2.24) is 4.98 Å². The number of anilines is 1. The van der Waals surface area contributed by atoms with Crippen molar-refractivity contribution in [1.29, 1.82) is 0 Å². The highest BCUT2D eigenvalue weighted by Crippen LogP contribution is 2.11. The maximum Gasteiger partial charge on any atom is 0.0592 e. The summed E-state index contributed by atoms with van der Waals surface area (Å²) in [6.07, 6.45) is 4.27. The first-order valence-electron chi connectivity index (χ1n) is 3.95. The topological polar surface area (TPSA) is 51.3 Å². The Morgan fingerprint density at radius 1 is 1.67 bits per heavy atom. The third-order valence-electron chi connectivity index (χ3n) is 1.77. The molecular formula is C9H13N3. The predicted molar refractivity (Wildman–Crippen MR) is 51.4 cm³/mol. The SMILES string of the molecule is CCC(=NC)c1ccncc1N. The van der Waals surface area contributed by atoms with Crippen molar-refractivity contribution in [3.63, 3.8) is 0 Å². The maximum atomic E-state index is 5.73. The molecule has 0 atom stereocenters. The fourth-order valence-corrected chi connectivity index (χ4v) is 1.14. The van der Waals surface area contributed by atoms with Crippen LogP contribution in [0.4, 0.5) is 5.69 Å². The fraction of sp³-hybridized carbons (Fsp3) is 0.333. The van der Waals surface area contributed by atoms with Crippen LogP contribution in [0.5, 0.6) is 0 Å². The van der Waals surface area contributed by atoms with Crippen LogP contribution in [0.15, 0.2) is 23.5 Å². The van der Waals surface area contributed by atoms with Gasteiger partial charge in [-0.25, -0.2) is 0 Å². The van der Waals surface area contributed by atoms with Gasteiger partial charge in [-0.3, -0.25) is 9.98 Å². The molecule has 0 aliphatic rings. The molecule has 1 heterocycles. The van der Waals surface area contributed by atoms with Crippen LogP contribution in [0.2, 0.25) is 0 Å². The maximum absolute atomic E-state index is 5.73. The quantitative estimate of drug-likeness (QED) is 0.671. The van der Waals surface area contributed by atoms with Gasteiger partial charge in [0.1, 0.15) is 0 Å². The first-order chi connectivity index (χ1) is 5.79. The van der Waals surface area contributed by atoms with Gasteiger partial charge in [0.15, 0.2) is 0 Å². The Bertz CT molecular complexity index is 292. The Hall–Kier alpha value is -1.38. The minimum absolute atomic E-state index is 0.694. The number of hydrogen-bond donors (Lipinski definition) is 1. The van der Waals surface area contributed by atoms with Crippen LogP contribution in [0.25, 0.3) is 0 Å². The lowest BCUT2D eigenvalue weighted by atomic mass is 10.1. The van der Waals surface area contributed by atoms with Crippen LogP contribution in [-0.4, -0.2) is 17.7 Å². The van der Waals surface area contributed by atoms with Crippen LogP contribution in [0, 0.1) is 0 Å². The molecule has 0 bridgehead atoms. The molecule has 0 radical (unpaired) electrons. The van der Waals surface area contributed by atoms with E-state index in [0.717, 1.165) is 17.7 Å². The van der Waals surface area contributed by atoms with Gasteiger partial charge in [-0.1, -0.05) is 6.92 Å². The van der Waals surface area contributed by atoms with Crippen LogP contribution in [-0.2, 0) is 0 Å². The van der Waals surface area contributed by atoms with Crippen molar-refractivity contribution >= 4 is 11.4 Å². The van der Waals surface area contributed by atoms with E-state index < -0.39 is 0 Å². The third-order valence-corrected chi connectivity index (χ3v) is 1.77. The van der Waals surface area contributed by atoms with Crippen molar-refractivity contribution in [2.24, 2.45) is 4.99 Å². The van der Waals surface area contributed by atoms with E-state index in [2.05, 4.69) is 16.9 Å². The van der Waals surface area contributed by atoms with E-state index in [4.69, 9.17) is 5.73 Å². The number of nitrogens with zero attached hydrogens (tertiary/aromatic N) is 2. The minimum atomic E-state index is 0.694. The number of rotatable bonds is 2. The molecule has 0 aliphatic heterocycles. The lowest BCUT2D eigenvalue weighted by Crippen LogP contribution is -2.03. The minimum Gasteiger partial charge on any atom is -0.397 e. The summed E-state index contributed by atoms with van der Waals surface area (Å²) in [6.45, 7) is 2.06. The Morgan fingerprint density at radius 2 is 2.42 bits per heavy atom. The van der Waals surface area contributed by atoms with E-state index in [9.17, 15) is 0 Å². The van der Waals surface area contributed by atoms with Crippen LogP contribution >= 0.6 is 0 Å². The molecule has 0 saturated heterocycles. The van der Waals surface area contributed by atoms with Crippen molar-refractivity contribution in [3.8, 4) is 0 Å². The average molecular weight is 163 g/mol. The van der Waals surface area contributed by atoms with Gasteiger partial charge in [-0.05, 0) is 12.5 Å². The van der Waals surface area contributed by atoms with Crippen molar-refractivity contribution in [2.45, 2.75) is 13.3 Å². The lowest BCUT2D eigenvalue weighted by Gasteiger charge is -2.04. The predicted octanol–water partition coefficient (Wildman–Crippen LogP) is 1.49. The Kier molecular flexibility index (Phi) is 2.80. The normalized spacial score (nSPS) is 11.7. The lowest BCUT2D eigenvalue weighted by molar-refractivity contribution is 1.23. The highest BCUT2D eigenvalue weighted by Gasteiger charge is 2.02. The summed E-state index contributed by atoms with van der Waals surface area (Å²) in [7, 11) is 1.78. The molecule has 0 spiro atoms. The smallest absolute Gasteiger partial charge is 0.0592 e. The summed E-state index contributed by atoms with van der Waals surface area (Å²) >= 11 is 0. The van der Waals surface area contributed by atoms with E-state index in [1.54, 1.807) is 19.4 Å². The van der Waals surface area contributed by atoms with Gasteiger partial charge >= 0.3 is 0 Å². The van der Waals surface area contributed by atoms with E-state index in [0.29, 0.717) is 5.69 Å². The number of pyridine rings is 1. The van der Waals surface area contributed by atoms with Crippen LogP contribution < -0.4 is 5.73 Å². The summed E-state index contributed by atoms with van der Waals surface area (Å²) in [4.78, 5) is 8.06. The molecule has 0 amide bonds. The second-order valence-corrected chi connectivity index (χ2v) is 2.49. The molecular weight excluding hydrogens is 150 g/mol. The Balaban J connectivity index is 3.10. The first kappa shape index (κ1) is 8.71. The Labute approximate surface area is 72.3 Å². The fourth-order valence-electron chi connectivity index (χ4n) is 1.14. The second-order valence-electron chi connectivity index (χ2n) is 2.49. The van der Waals surface area contributed by atoms with Gasteiger partial charge in [0.05, 0.1) is 11.9 Å². The number of aliphatic imine (C=N–C) groups is 1. The van der Waals surface area contributed by atoms with E-state index in [-0.39, 0.29) is 0 Å². The van der Waals surface area contributed by atoms with Gasteiger partial charge in [0.2, 0.25) is 0 Å². The molecule has 64 valence electrons. The van der Waals surface area contributed by atoms with Crippen molar-refractivity contribution in [3.05, 3.63) is 24.0 Å². The standard InChI is InChI=1S/C9H13N3/c1-3-9(11-2)7-4-5-12-6-8(7)10/h4-6H,3,10H2,1-2H3. The van der Waals surface area contributed by atoms with Gasteiger partial charge < -0.3 is 5.73 Å². The van der Waals surface area contributed by atoms with Crippen LogP contribution in [0.1, 0.15) is 18.9 Å². The monoisotopic (exact) mass is 163 g/mol. The zero-order valence-corrected chi connectivity index (χ0v) is 7.41. The summed E-state index contributed by atoms with van der Waals surface area (Å²) in [5.74, 6) is 0. The first-order valence-corrected chi connectivity index (χ1v) is 3.95. The zero-order valence-electron chi connectivity index (χ0n) is 7.41. The molecule has 12 heavy (non-hydrogen) atoms. The number of nitrogen functional groups attached to an aromatic ring is 1. The second kappa shape index (κ2) is 3.85. The molecule has 0 aromatic carbocycles. The summed E-state index contributed by atoms with van der Waals surface area (Å²) < 4.78 is 0. The van der Waals surface area contributed by atoms with Gasteiger partial charge in [0.25, 0.3) is 0 Å². The molecule has 0 unspecified atom stereocenters. The molecule has 1 aromatic rings. The van der Waals surface area contributed by atoms with E-state index in [1.165, 1.54) is 0 Å². The molecule has 1 rings (SSSR count). The molecule has 0 fully saturated rings. The molecule has 1 aromatic heterocycles. The summed E-state index contributed by atoms with van der Waals surface area (Å²) in [6, 6.07) is 1.89. The van der Waals surface area contributed by atoms with Gasteiger partial charge in [0, 0.05) is 24.5 Å². The summed E-state index contributed by atoms with van der Waals surface area (Å²) in [5.41, 5.74) is 8.44. The summed E-state index contributed by atoms with van der Waals surface area (Å²) in [5, 5.41) is 0. The van der Waals surface area contributed by atoms with Gasteiger partial charge in [-0.2, -0.15) is 0 Å². The molecule has 2 N–H and O–H groups in total. The van der Waals surface area contributed by atoms with Crippen molar-refractivity contribution < 1.29 is 0 Å². The highest BCUT2D eigenvalue weighted by atomic mass is 14.7. The molecule has 0 aliphatic carbocycles. The van der Waals surface area contributed by atoms with E-state index >= 15 is 0 Å². The number of hydrogen-bond acceptors (Lipinski definition) is 3. The van der Waals surface area contributed by atoms with Crippen LogP contribution in [0.3, 0.4) is 0 Å². The Morgan fingerprint density at radius 3 is 2.92 bits per heavy atom. The molecule has 3 heteroatoms. The third kappa shape index (κ3) is 1.61. The number of nitrogens with two attached hydrogens (primary N) is 1. The van der Waals surface area contributed by atoms with Crippen molar-refractivity contribution in [2.75, 3.05) is 12.8 Å². The average Bonchev–Trinajstić information content (AvgIpc) is 2.10.